The van der Waals surface area contributed by atoms with E-state index in [1.54, 1.807) is 12.1 Å². The zero-order chi connectivity index (χ0) is 13.7. The third-order valence-corrected chi connectivity index (χ3v) is 3.72. The Hall–Kier alpha value is -1.00. The van der Waals surface area contributed by atoms with Gasteiger partial charge in [-0.15, -0.1) is 0 Å². The van der Waals surface area contributed by atoms with Gasteiger partial charge in [-0.05, 0) is 37.8 Å². The van der Waals surface area contributed by atoms with Gasteiger partial charge < -0.3 is 10.1 Å². The fraction of sp³-hybridized carbons (Fsp3) is 0.600. The minimum absolute atomic E-state index is 0.121. The van der Waals surface area contributed by atoms with Gasteiger partial charge >= 0.3 is 0 Å². The van der Waals surface area contributed by atoms with Crippen molar-refractivity contribution in [2.75, 3.05) is 19.8 Å². The van der Waals surface area contributed by atoms with E-state index in [1.165, 1.54) is 0 Å². The molecule has 0 amide bonds. The topological polar surface area (TPSA) is 21.3 Å². The summed E-state index contributed by atoms with van der Waals surface area (Å²) in [6.07, 6.45) is 2.83. The van der Waals surface area contributed by atoms with Crippen LogP contribution in [0.5, 0.6) is 0 Å². The van der Waals surface area contributed by atoms with Crippen molar-refractivity contribution in [2.45, 2.75) is 32.2 Å². The molecule has 19 heavy (non-hydrogen) atoms. The Morgan fingerprint density at radius 2 is 2.05 bits per heavy atom. The summed E-state index contributed by atoms with van der Waals surface area (Å²) in [5.41, 5.74) is 0.438. The molecule has 0 aliphatic carbocycles. The number of nitrogens with one attached hydrogen (secondary N) is 1. The summed E-state index contributed by atoms with van der Waals surface area (Å²) in [5.74, 6) is -0.978. The van der Waals surface area contributed by atoms with Crippen molar-refractivity contribution >= 4 is 0 Å². The van der Waals surface area contributed by atoms with Crippen molar-refractivity contribution in [3.05, 3.63) is 35.4 Å². The molecule has 0 bridgehead atoms. The van der Waals surface area contributed by atoms with Crippen LogP contribution in [0.3, 0.4) is 0 Å². The molecule has 1 aliphatic rings. The average molecular weight is 269 g/mol. The highest BCUT2D eigenvalue weighted by Gasteiger charge is 2.23. The molecule has 0 spiro atoms. The molecule has 1 aliphatic heterocycles. The minimum Gasteiger partial charge on any atom is -0.381 e. The maximum atomic E-state index is 13.9. The molecule has 1 heterocycles. The molecule has 1 unspecified atom stereocenters. The van der Waals surface area contributed by atoms with Crippen LogP contribution in [-0.4, -0.2) is 19.8 Å². The summed E-state index contributed by atoms with van der Waals surface area (Å²) in [7, 11) is 0. The molecule has 0 aromatic heterocycles. The largest absolute Gasteiger partial charge is 0.381 e. The number of hydrogen-bond acceptors (Lipinski definition) is 2. The third kappa shape index (κ3) is 3.74. The van der Waals surface area contributed by atoms with Crippen molar-refractivity contribution in [3.63, 3.8) is 0 Å². The first-order chi connectivity index (χ1) is 9.22. The Morgan fingerprint density at radius 1 is 1.32 bits per heavy atom. The summed E-state index contributed by atoms with van der Waals surface area (Å²) in [6.45, 7) is 4.27. The van der Waals surface area contributed by atoms with Gasteiger partial charge in [-0.1, -0.05) is 19.1 Å². The van der Waals surface area contributed by atoms with E-state index in [9.17, 15) is 8.78 Å². The van der Waals surface area contributed by atoms with E-state index >= 15 is 0 Å². The van der Waals surface area contributed by atoms with Crippen LogP contribution in [0.1, 0.15) is 37.8 Å². The Morgan fingerprint density at radius 3 is 2.74 bits per heavy atom. The molecule has 1 saturated heterocycles. The van der Waals surface area contributed by atoms with E-state index in [2.05, 4.69) is 5.32 Å². The first-order valence-electron chi connectivity index (χ1n) is 6.97. The number of ether oxygens (including phenoxy) is 1. The number of hydrogen-bond donors (Lipinski definition) is 1. The average Bonchev–Trinajstić information content (AvgIpc) is 2.43. The molecule has 1 aromatic carbocycles. The molecular formula is C15H21F2NO. The van der Waals surface area contributed by atoms with E-state index in [1.807, 2.05) is 6.92 Å². The van der Waals surface area contributed by atoms with Crippen LogP contribution < -0.4 is 5.32 Å². The lowest BCUT2D eigenvalue weighted by atomic mass is 9.89. The van der Waals surface area contributed by atoms with Crippen LogP contribution >= 0.6 is 0 Å². The van der Waals surface area contributed by atoms with Crippen molar-refractivity contribution in [2.24, 2.45) is 5.92 Å². The molecule has 2 nitrogen and oxygen atoms in total. The molecule has 1 aromatic rings. The summed E-state index contributed by atoms with van der Waals surface area (Å²) in [5, 5.41) is 3.27. The molecule has 1 atom stereocenters. The van der Waals surface area contributed by atoms with Crippen LogP contribution in [0, 0.1) is 17.6 Å². The van der Waals surface area contributed by atoms with Crippen LogP contribution in [0.15, 0.2) is 18.2 Å². The van der Waals surface area contributed by atoms with E-state index in [0.717, 1.165) is 45.1 Å². The van der Waals surface area contributed by atoms with Gasteiger partial charge in [0.2, 0.25) is 0 Å². The van der Waals surface area contributed by atoms with Crippen LogP contribution in [0.4, 0.5) is 8.78 Å². The summed E-state index contributed by atoms with van der Waals surface area (Å²) in [6, 6.07) is 4.28. The van der Waals surface area contributed by atoms with Gasteiger partial charge in [-0.25, -0.2) is 8.78 Å². The Labute approximate surface area is 113 Å². The second kappa shape index (κ2) is 6.96. The maximum Gasteiger partial charge on any atom is 0.163 e. The fourth-order valence-corrected chi connectivity index (χ4v) is 2.67. The summed E-state index contributed by atoms with van der Waals surface area (Å²) in [4.78, 5) is 0. The summed E-state index contributed by atoms with van der Waals surface area (Å²) >= 11 is 0. The summed E-state index contributed by atoms with van der Waals surface area (Å²) < 4.78 is 32.6. The third-order valence-electron chi connectivity index (χ3n) is 3.72. The second-order valence-corrected chi connectivity index (χ2v) is 5.04. The molecule has 0 saturated carbocycles. The Kier molecular flexibility index (Phi) is 5.28. The smallest absolute Gasteiger partial charge is 0.163 e. The highest BCUT2D eigenvalue weighted by atomic mass is 19.2. The van der Waals surface area contributed by atoms with Crippen molar-refractivity contribution < 1.29 is 13.5 Å². The monoisotopic (exact) mass is 269 g/mol. The van der Waals surface area contributed by atoms with E-state index in [4.69, 9.17) is 4.74 Å². The van der Waals surface area contributed by atoms with Crippen LogP contribution in [0.2, 0.25) is 0 Å². The highest BCUT2D eigenvalue weighted by molar-refractivity contribution is 5.22. The van der Waals surface area contributed by atoms with Gasteiger partial charge in [-0.2, -0.15) is 0 Å². The predicted molar refractivity (Wildman–Crippen MR) is 70.9 cm³/mol. The van der Waals surface area contributed by atoms with Crippen LogP contribution in [-0.2, 0) is 4.74 Å². The van der Waals surface area contributed by atoms with Gasteiger partial charge in [-0.3, -0.25) is 0 Å². The van der Waals surface area contributed by atoms with Crippen molar-refractivity contribution in [1.29, 1.82) is 0 Å². The van der Waals surface area contributed by atoms with E-state index in [0.29, 0.717) is 11.5 Å². The lowest BCUT2D eigenvalue weighted by molar-refractivity contribution is 0.0604. The molecule has 1 fully saturated rings. The Balaban J connectivity index is 2.11. The quantitative estimate of drug-likeness (QED) is 0.884. The minimum atomic E-state index is -0.771. The normalized spacial score (nSPS) is 18.5. The number of rotatable bonds is 5. The lowest BCUT2D eigenvalue weighted by Gasteiger charge is -2.27. The van der Waals surface area contributed by atoms with E-state index in [-0.39, 0.29) is 6.04 Å². The number of benzene rings is 1. The molecule has 2 rings (SSSR count). The molecule has 0 radical (unpaired) electrons. The highest BCUT2D eigenvalue weighted by Crippen LogP contribution is 2.29. The number of halogens is 2. The second-order valence-electron chi connectivity index (χ2n) is 5.04. The molecule has 4 heteroatoms. The molecule has 1 N–H and O–H groups in total. The Bertz CT molecular complexity index is 405. The van der Waals surface area contributed by atoms with Gasteiger partial charge in [0, 0.05) is 24.8 Å². The SMILES string of the molecule is CCNC(CC1CCOCC1)c1cccc(F)c1F. The predicted octanol–water partition coefficient (Wildman–Crippen LogP) is 3.43. The lowest BCUT2D eigenvalue weighted by Crippen LogP contribution is -2.27. The van der Waals surface area contributed by atoms with Crippen molar-refractivity contribution in [1.82, 2.24) is 5.32 Å². The van der Waals surface area contributed by atoms with E-state index < -0.39 is 11.6 Å². The zero-order valence-corrected chi connectivity index (χ0v) is 11.3. The van der Waals surface area contributed by atoms with Gasteiger partial charge in [0.1, 0.15) is 0 Å². The fourth-order valence-electron chi connectivity index (χ4n) is 2.67. The van der Waals surface area contributed by atoms with Crippen LogP contribution in [0.25, 0.3) is 0 Å². The standard InChI is InChI=1S/C15H21F2NO/c1-2-18-14(10-11-6-8-19-9-7-11)12-4-3-5-13(16)15(12)17/h3-5,11,14,18H,2,6-10H2,1H3. The molecular weight excluding hydrogens is 248 g/mol. The molecule has 106 valence electrons. The van der Waals surface area contributed by atoms with Gasteiger partial charge in [0.15, 0.2) is 11.6 Å². The zero-order valence-electron chi connectivity index (χ0n) is 11.3. The first kappa shape index (κ1) is 14.4. The first-order valence-corrected chi connectivity index (χ1v) is 6.97. The maximum absolute atomic E-state index is 13.9. The van der Waals surface area contributed by atoms with Gasteiger partial charge in [0.25, 0.3) is 0 Å². The van der Waals surface area contributed by atoms with Crippen molar-refractivity contribution in [3.8, 4) is 0 Å². The van der Waals surface area contributed by atoms with Gasteiger partial charge in [0.05, 0.1) is 0 Å².